The van der Waals surface area contributed by atoms with E-state index < -0.39 is 0 Å². The number of likely N-dealkylation sites (tertiary alicyclic amines) is 1. The number of amides is 2. The van der Waals surface area contributed by atoms with E-state index in [1.165, 1.54) is 0 Å². The van der Waals surface area contributed by atoms with E-state index in [2.05, 4.69) is 5.32 Å². The van der Waals surface area contributed by atoms with Crippen molar-refractivity contribution in [3.05, 3.63) is 58.1 Å². The van der Waals surface area contributed by atoms with E-state index in [1.807, 2.05) is 27.7 Å². The first-order valence-corrected chi connectivity index (χ1v) is 13.0. The van der Waals surface area contributed by atoms with Gasteiger partial charge in [-0.05, 0) is 61.1 Å². The summed E-state index contributed by atoms with van der Waals surface area (Å²) in [5.41, 5.74) is 2.70. The first-order chi connectivity index (χ1) is 18.0. The summed E-state index contributed by atoms with van der Waals surface area (Å²) in [6.07, 6.45) is 1.59. The monoisotopic (exact) mass is 520 g/mol. The number of nitrogens with zero attached hydrogens (tertiary/aromatic N) is 2. The second kappa shape index (κ2) is 10.8. The van der Waals surface area contributed by atoms with Crippen molar-refractivity contribution in [2.45, 2.75) is 52.5 Å². The zero-order valence-corrected chi connectivity index (χ0v) is 22.8. The van der Waals surface area contributed by atoms with Crippen molar-refractivity contribution in [2.24, 2.45) is 0 Å². The van der Waals surface area contributed by atoms with Crippen LogP contribution in [0.1, 0.15) is 77.9 Å². The van der Waals surface area contributed by atoms with Gasteiger partial charge in [0.1, 0.15) is 17.3 Å². The second-order valence-electron chi connectivity index (χ2n) is 10.7. The third-order valence-electron chi connectivity index (χ3n) is 6.92. The van der Waals surface area contributed by atoms with Crippen LogP contribution in [0.2, 0.25) is 0 Å². The van der Waals surface area contributed by atoms with Gasteiger partial charge in [0.25, 0.3) is 5.91 Å². The fourth-order valence-electron chi connectivity index (χ4n) is 4.85. The van der Waals surface area contributed by atoms with Crippen molar-refractivity contribution in [1.29, 1.82) is 5.41 Å². The Hall–Kier alpha value is -3.88. The molecular weight excluding hydrogens is 484 g/mol. The molecule has 1 saturated heterocycles. The molecule has 2 heterocycles. The Morgan fingerprint density at radius 1 is 1.05 bits per heavy atom. The van der Waals surface area contributed by atoms with Gasteiger partial charge in [-0.2, -0.15) is 0 Å². The number of fused-ring (bicyclic) bond motifs is 1. The number of hydrogen-bond acceptors (Lipinski definition) is 6. The number of carbonyl (C=O) groups is 3. The average molecular weight is 521 g/mol. The van der Waals surface area contributed by atoms with Crippen LogP contribution >= 0.6 is 0 Å². The SMILES string of the molecule is CCOc1cc2c(cc1C(=O)NC)C(=N)N(CC(=O)c1ccc(OC(=O)N3CCCC3)c(C(C)(C)C)c1)C2. The molecule has 0 atom stereocenters. The zero-order chi connectivity index (χ0) is 27.6. The molecule has 1 fully saturated rings. The van der Waals surface area contributed by atoms with Crippen LogP contribution in [0, 0.1) is 5.41 Å². The third-order valence-corrected chi connectivity index (χ3v) is 6.92. The molecule has 2 aliphatic heterocycles. The number of benzene rings is 2. The molecule has 2 aromatic rings. The van der Waals surface area contributed by atoms with E-state index in [0.717, 1.165) is 24.0 Å². The highest BCUT2D eigenvalue weighted by Gasteiger charge is 2.30. The quantitative estimate of drug-likeness (QED) is 0.525. The summed E-state index contributed by atoms with van der Waals surface area (Å²) in [5.74, 6) is 0.660. The highest BCUT2D eigenvalue weighted by atomic mass is 16.6. The van der Waals surface area contributed by atoms with E-state index >= 15 is 0 Å². The molecule has 2 aromatic carbocycles. The van der Waals surface area contributed by atoms with Crippen LogP contribution in [-0.2, 0) is 12.0 Å². The van der Waals surface area contributed by atoms with Crippen LogP contribution in [0.3, 0.4) is 0 Å². The molecule has 202 valence electrons. The van der Waals surface area contributed by atoms with E-state index in [4.69, 9.17) is 14.9 Å². The summed E-state index contributed by atoms with van der Waals surface area (Å²) in [6.45, 7) is 10.0. The molecule has 2 N–H and O–H groups in total. The van der Waals surface area contributed by atoms with Crippen LogP contribution in [-0.4, -0.2) is 66.7 Å². The number of nitrogens with one attached hydrogen (secondary N) is 2. The van der Waals surface area contributed by atoms with Crippen LogP contribution in [0.4, 0.5) is 4.79 Å². The molecule has 0 aliphatic carbocycles. The number of amidine groups is 1. The fourth-order valence-corrected chi connectivity index (χ4v) is 4.85. The molecule has 9 nitrogen and oxygen atoms in total. The van der Waals surface area contributed by atoms with Crippen molar-refractivity contribution >= 4 is 23.6 Å². The average Bonchev–Trinajstić information content (AvgIpc) is 3.52. The zero-order valence-electron chi connectivity index (χ0n) is 22.8. The molecule has 0 radical (unpaired) electrons. The molecule has 0 spiro atoms. The maximum absolute atomic E-state index is 13.4. The van der Waals surface area contributed by atoms with Gasteiger partial charge in [0.05, 0.1) is 18.7 Å². The van der Waals surface area contributed by atoms with E-state index in [-0.39, 0.29) is 35.6 Å². The Morgan fingerprint density at radius 2 is 1.76 bits per heavy atom. The van der Waals surface area contributed by atoms with E-state index in [9.17, 15) is 14.4 Å². The molecule has 2 aliphatic rings. The first kappa shape index (κ1) is 27.2. The minimum Gasteiger partial charge on any atom is -0.493 e. The normalized spacial score (nSPS) is 14.9. The maximum atomic E-state index is 13.4. The van der Waals surface area contributed by atoms with Gasteiger partial charge in [-0.15, -0.1) is 0 Å². The number of carbonyl (C=O) groups excluding carboxylic acids is 3. The fraction of sp³-hybridized carbons (Fsp3) is 0.448. The first-order valence-electron chi connectivity index (χ1n) is 13.0. The predicted octanol–water partition coefficient (Wildman–Crippen LogP) is 4.36. The lowest BCUT2D eigenvalue weighted by molar-refractivity contribution is 0.0953. The molecule has 0 unspecified atom stereocenters. The van der Waals surface area contributed by atoms with Gasteiger partial charge < -0.3 is 24.6 Å². The highest BCUT2D eigenvalue weighted by Crippen LogP contribution is 2.34. The van der Waals surface area contributed by atoms with Gasteiger partial charge >= 0.3 is 6.09 Å². The van der Waals surface area contributed by atoms with Gasteiger partial charge in [-0.3, -0.25) is 15.0 Å². The largest absolute Gasteiger partial charge is 0.493 e. The van der Waals surface area contributed by atoms with Crippen molar-refractivity contribution in [3.63, 3.8) is 0 Å². The molecule has 2 amide bonds. The summed E-state index contributed by atoms with van der Waals surface area (Å²) < 4.78 is 11.4. The molecule has 4 rings (SSSR count). The van der Waals surface area contributed by atoms with Gasteiger partial charge in [-0.25, -0.2) is 4.79 Å². The third kappa shape index (κ3) is 5.51. The van der Waals surface area contributed by atoms with Crippen LogP contribution in [0.5, 0.6) is 11.5 Å². The summed E-state index contributed by atoms with van der Waals surface area (Å²) in [7, 11) is 1.55. The number of Topliss-reactive ketones (excluding diaryl/α,β-unsaturated/α-hetero) is 1. The molecular formula is C29H36N4O5. The second-order valence-corrected chi connectivity index (χ2v) is 10.7. The lowest BCUT2D eigenvalue weighted by Crippen LogP contribution is -2.32. The lowest BCUT2D eigenvalue weighted by Gasteiger charge is -2.25. The minimum atomic E-state index is -0.363. The summed E-state index contributed by atoms with van der Waals surface area (Å²) in [4.78, 5) is 41.7. The van der Waals surface area contributed by atoms with Gasteiger partial charge in [0.2, 0.25) is 0 Å². The van der Waals surface area contributed by atoms with Crippen molar-refractivity contribution in [3.8, 4) is 11.5 Å². The van der Waals surface area contributed by atoms with E-state index in [1.54, 1.807) is 47.2 Å². The number of ether oxygens (including phenoxy) is 2. The maximum Gasteiger partial charge on any atom is 0.415 e. The number of ketones is 1. The van der Waals surface area contributed by atoms with Gasteiger partial charge in [-0.1, -0.05) is 20.8 Å². The van der Waals surface area contributed by atoms with E-state index in [0.29, 0.717) is 54.4 Å². The Labute approximate surface area is 223 Å². The van der Waals surface area contributed by atoms with Gasteiger partial charge in [0, 0.05) is 43.4 Å². The lowest BCUT2D eigenvalue weighted by atomic mass is 9.85. The van der Waals surface area contributed by atoms with Crippen molar-refractivity contribution in [2.75, 3.05) is 33.3 Å². The van der Waals surface area contributed by atoms with Crippen molar-refractivity contribution in [1.82, 2.24) is 15.1 Å². The molecule has 0 bridgehead atoms. The Bertz CT molecular complexity index is 1270. The Balaban J connectivity index is 1.54. The minimum absolute atomic E-state index is 0.00326. The van der Waals surface area contributed by atoms with Crippen LogP contribution in [0.15, 0.2) is 30.3 Å². The summed E-state index contributed by atoms with van der Waals surface area (Å²) >= 11 is 0. The highest BCUT2D eigenvalue weighted by molar-refractivity contribution is 6.07. The number of hydrogen-bond donors (Lipinski definition) is 2. The molecule has 0 aromatic heterocycles. The Kier molecular flexibility index (Phi) is 7.76. The topological polar surface area (TPSA) is 112 Å². The van der Waals surface area contributed by atoms with Crippen LogP contribution < -0.4 is 14.8 Å². The molecule has 0 saturated carbocycles. The standard InChI is InChI=1S/C29H36N4O5/c1-6-37-25-14-19-16-33(26(30)20(19)15-21(25)27(35)31-5)17-23(34)18-9-10-24(22(13-18)29(2,3)4)38-28(36)32-11-7-8-12-32/h9-10,13-15,30H,6-8,11-12,16-17H2,1-5H3,(H,31,35). The Morgan fingerprint density at radius 3 is 2.39 bits per heavy atom. The van der Waals surface area contributed by atoms with Crippen molar-refractivity contribution < 1.29 is 23.9 Å². The molecule has 9 heteroatoms. The van der Waals surface area contributed by atoms with Gasteiger partial charge in [0.15, 0.2) is 5.78 Å². The number of rotatable bonds is 7. The van der Waals surface area contributed by atoms with Crippen LogP contribution in [0.25, 0.3) is 0 Å². The summed E-state index contributed by atoms with van der Waals surface area (Å²) in [6, 6.07) is 8.60. The smallest absolute Gasteiger partial charge is 0.415 e. The predicted molar refractivity (Wildman–Crippen MR) is 145 cm³/mol. The molecule has 38 heavy (non-hydrogen) atoms. The summed E-state index contributed by atoms with van der Waals surface area (Å²) in [5, 5.41) is 11.3.